The van der Waals surface area contributed by atoms with Crippen LogP contribution in [0.25, 0.3) is 0 Å². The van der Waals surface area contributed by atoms with E-state index in [1.54, 1.807) is 0 Å². The fraction of sp³-hybridized carbons (Fsp3) is 0. The van der Waals surface area contributed by atoms with Gasteiger partial charge in [0.05, 0.1) is 0 Å². The Morgan fingerprint density at radius 3 is 0.667 bits per heavy atom. The molecule has 0 rings (SSSR count). The van der Waals surface area contributed by atoms with Crippen LogP contribution in [0.4, 0.5) is 0 Å². The molecule has 0 fully saturated rings. The first-order valence-corrected chi connectivity index (χ1v) is 0. The zero-order valence-corrected chi connectivity index (χ0v) is 9.62. The molecule has 0 aliphatic heterocycles. The zero-order valence-electron chi connectivity index (χ0n) is 2.80. The van der Waals surface area contributed by atoms with Crippen LogP contribution in [0.2, 0.25) is 0 Å². The van der Waals surface area contributed by atoms with Crippen molar-refractivity contribution in [3.63, 3.8) is 0 Å². The summed E-state index contributed by atoms with van der Waals surface area (Å²) in [6.07, 6.45) is 0. The van der Waals surface area contributed by atoms with Crippen LogP contribution in [-0.4, -0.2) is 49.2 Å². The minimum absolute atomic E-state index is 0. The van der Waals surface area contributed by atoms with Gasteiger partial charge in [-0.1, -0.05) is 0 Å². The summed E-state index contributed by atoms with van der Waals surface area (Å²) in [6.45, 7) is 0. The van der Waals surface area contributed by atoms with E-state index >= 15 is 0 Å². The van der Waals surface area contributed by atoms with Gasteiger partial charge in [-0.15, -0.1) is 0 Å². The fourth-order valence-electron chi connectivity index (χ4n) is 0. The standard InChI is InChI=1S/4H2O.Pb.W/h4*1H2;;/q;;;;+2;/p-2. The van der Waals surface area contributed by atoms with Gasteiger partial charge in [0.25, 0.3) is 0 Å². The van der Waals surface area contributed by atoms with E-state index in [1.807, 2.05) is 0 Å². The third kappa shape index (κ3) is 51.3. The van der Waals surface area contributed by atoms with Gasteiger partial charge in [-0.25, -0.2) is 0 Å². The van der Waals surface area contributed by atoms with Crippen molar-refractivity contribution in [1.29, 1.82) is 0 Å². The van der Waals surface area contributed by atoms with Gasteiger partial charge in [-0.05, 0) is 0 Å². The van der Waals surface area contributed by atoms with Gasteiger partial charge in [-0.3, -0.25) is 0 Å². The molecule has 0 atom stereocenters. The van der Waals surface area contributed by atoms with E-state index in [4.69, 9.17) is 0 Å². The van der Waals surface area contributed by atoms with Gasteiger partial charge in [-0.2, -0.15) is 0 Å². The first kappa shape index (κ1) is 147. The van der Waals surface area contributed by atoms with Crippen LogP contribution >= 0.6 is 0 Å². The summed E-state index contributed by atoms with van der Waals surface area (Å²) in [7, 11) is 0. The molecule has 6 heteroatoms. The molecule has 0 saturated carbocycles. The van der Waals surface area contributed by atoms with E-state index in [2.05, 4.69) is 0 Å². The molecule has 0 spiro atoms. The molecule has 0 amide bonds. The Kier molecular flexibility index (Phi) is 2240. The molecule has 2 radical (unpaired) electrons. The van der Waals surface area contributed by atoms with Gasteiger partial charge in [0, 0.05) is 21.1 Å². The molecule has 0 aliphatic rings. The predicted molar refractivity (Wildman–Crippen MR) is 16.9 cm³/mol. The molecule has 0 aromatic rings. The Morgan fingerprint density at radius 1 is 0.667 bits per heavy atom. The average molecular weight is 461 g/mol. The molecule has 0 saturated heterocycles. The Morgan fingerprint density at radius 2 is 0.667 bits per heavy atom. The summed E-state index contributed by atoms with van der Waals surface area (Å²) >= 11 is 0. The molecule has 4 nitrogen and oxygen atoms in total. The molecule has 0 aromatic heterocycles. The molecule has 0 unspecified atom stereocenters. The van der Waals surface area contributed by atoms with E-state index in [0.29, 0.717) is 0 Å². The molecular formula is H6O4PbW. The maximum atomic E-state index is 0. The van der Waals surface area contributed by atoms with Crippen LogP contribution in [0.5, 0.6) is 0 Å². The van der Waals surface area contributed by atoms with Gasteiger partial charge in [0.15, 0.2) is 0 Å². The number of rotatable bonds is 0. The number of hydrogen-bond donors (Lipinski definition) is 0. The van der Waals surface area contributed by atoms with Crippen LogP contribution in [0.3, 0.4) is 0 Å². The first-order valence-electron chi connectivity index (χ1n) is 0. The Hall–Kier alpha value is 1.45. The molecule has 40 valence electrons. The third-order valence-electron chi connectivity index (χ3n) is 0. The van der Waals surface area contributed by atoms with Gasteiger partial charge in [0.1, 0.15) is 0 Å². The molecule has 6 N–H and O–H groups in total. The summed E-state index contributed by atoms with van der Waals surface area (Å²) in [5.41, 5.74) is 0. The Balaban J connectivity index is 0. The van der Waals surface area contributed by atoms with E-state index in [1.165, 1.54) is 0 Å². The zero-order chi connectivity index (χ0) is 0. The molecule has 0 aliphatic carbocycles. The van der Waals surface area contributed by atoms with E-state index in [0.717, 1.165) is 0 Å². The minimum atomic E-state index is 0. The summed E-state index contributed by atoms with van der Waals surface area (Å²) in [5, 5.41) is 0. The fourth-order valence-corrected chi connectivity index (χ4v) is 0. The normalized spacial score (nSPS) is 0. The maximum absolute atomic E-state index is 0. The maximum Gasteiger partial charge on any atom is 2.00 e. The van der Waals surface area contributed by atoms with Crippen molar-refractivity contribution < 1.29 is 43.0 Å². The van der Waals surface area contributed by atoms with Crippen LogP contribution in [-0.2, 0) is 21.1 Å². The summed E-state index contributed by atoms with van der Waals surface area (Å²) < 4.78 is 0. The van der Waals surface area contributed by atoms with Crippen LogP contribution in [0.1, 0.15) is 0 Å². The Bertz CT molecular complexity index is 7.51. The average Bonchev–Trinajstić information content (AvgIpc) is 0. The number of hydrogen-bond acceptors (Lipinski definition) is 2. The van der Waals surface area contributed by atoms with Gasteiger partial charge in [0.2, 0.25) is 0 Å². The first-order chi connectivity index (χ1) is 0. The van der Waals surface area contributed by atoms with E-state index in [9.17, 15) is 0 Å². The third-order valence-corrected chi connectivity index (χ3v) is 0. The summed E-state index contributed by atoms with van der Waals surface area (Å²) in [5.74, 6) is 0. The topological polar surface area (TPSA) is 123 Å². The van der Waals surface area contributed by atoms with Crippen molar-refractivity contribution in [3.8, 4) is 0 Å². The molecule has 6 heavy (non-hydrogen) atoms. The Labute approximate surface area is 70.0 Å². The van der Waals surface area contributed by atoms with Crippen LogP contribution in [0.15, 0.2) is 0 Å². The van der Waals surface area contributed by atoms with Crippen LogP contribution in [0, 0.1) is 0 Å². The summed E-state index contributed by atoms with van der Waals surface area (Å²) in [6, 6.07) is 0. The minimum Gasteiger partial charge on any atom is -0.870 e. The van der Waals surface area contributed by atoms with Crippen molar-refractivity contribution >= 4 is 27.3 Å². The molecule has 0 heterocycles. The monoisotopic (exact) mass is 462 g/mol. The van der Waals surface area contributed by atoms with Crippen molar-refractivity contribution in [2.45, 2.75) is 0 Å². The van der Waals surface area contributed by atoms with Crippen molar-refractivity contribution in [2.24, 2.45) is 0 Å². The van der Waals surface area contributed by atoms with Crippen molar-refractivity contribution in [3.05, 3.63) is 0 Å². The van der Waals surface area contributed by atoms with Gasteiger partial charge >= 0.3 is 27.3 Å². The van der Waals surface area contributed by atoms with Gasteiger partial charge < -0.3 is 21.9 Å². The molecule has 0 bridgehead atoms. The van der Waals surface area contributed by atoms with E-state index in [-0.39, 0.29) is 70.3 Å². The second-order valence-corrected chi connectivity index (χ2v) is 0. The molecular weight excluding hydrogens is 455 g/mol. The molecule has 0 aromatic carbocycles. The van der Waals surface area contributed by atoms with E-state index < -0.39 is 0 Å². The second kappa shape index (κ2) is 91.1. The van der Waals surface area contributed by atoms with Crippen molar-refractivity contribution in [1.82, 2.24) is 0 Å². The smallest absolute Gasteiger partial charge is 0.870 e. The predicted octanol–water partition coefficient (Wildman–Crippen LogP) is -2.39. The summed E-state index contributed by atoms with van der Waals surface area (Å²) in [4.78, 5) is 0. The van der Waals surface area contributed by atoms with Crippen LogP contribution < -0.4 is 0 Å². The second-order valence-electron chi connectivity index (χ2n) is 0. The largest absolute Gasteiger partial charge is 2.00 e. The quantitative estimate of drug-likeness (QED) is 0.374. The SMILES string of the molecule is O.O.[OH-].[OH-].[Pb+2].[W]. The van der Waals surface area contributed by atoms with Crippen molar-refractivity contribution in [2.75, 3.05) is 0 Å².